The molecule has 184 valence electrons. The molecule has 1 aromatic carbocycles. The smallest absolute Gasteiger partial charge is 0.246 e. The van der Waals surface area contributed by atoms with E-state index in [4.69, 9.17) is 14.5 Å². The summed E-state index contributed by atoms with van der Waals surface area (Å²) in [5.41, 5.74) is 2.04. The van der Waals surface area contributed by atoms with Crippen molar-refractivity contribution < 1.29 is 24.2 Å². The van der Waals surface area contributed by atoms with E-state index in [1.54, 1.807) is 37.6 Å². The maximum absolute atomic E-state index is 13.1. The summed E-state index contributed by atoms with van der Waals surface area (Å²) in [4.78, 5) is 31.1. The molecule has 0 fully saturated rings. The van der Waals surface area contributed by atoms with E-state index >= 15 is 0 Å². The number of carbonyl (C=O) groups is 2. The van der Waals surface area contributed by atoms with Crippen LogP contribution in [0.1, 0.15) is 80.5 Å². The average Bonchev–Trinajstić information content (AvgIpc) is 3.21. The molecule has 1 aliphatic rings. The molecule has 10 heteroatoms. The van der Waals surface area contributed by atoms with Crippen LogP contribution in [0.5, 0.6) is 0 Å². The van der Waals surface area contributed by atoms with E-state index in [0.717, 1.165) is 15.0 Å². The van der Waals surface area contributed by atoms with Gasteiger partial charge >= 0.3 is 207 Å². The number of hydrogen-bond donors (Lipinski definition) is 1. The van der Waals surface area contributed by atoms with Gasteiger partial charge in [-0.05, 0) is 0 Å². The van der Waals surface area contributed by atoms with E-state index in [9.17, 15) is 14.7 Å². The second kappa shape index (κ2) is 9.85. The van der Waals surface area contributed by atoms with E-state index in [2.05, 4.69) is 25.9 Å². The number of aryl methyl sites for hydroxylation is 1. The van der Waals surface area contributed by atoms with Crippen molar-refractivity contribution in [1.29, 1.82) is 0 Å². The van der Waals surface area contributed by atoms with Crippen LogP contribution in [-0.2, 0) is 29.7 Å². The summed E-state index contributed by atoms with van der Waals surface area (Å²) in [6, 6.07) is 3.39. The molecule has 34 heavy (non-hydrogen) atoms. The quantitative estimate of drug-likeness (QED) is 0.416. The third-order valence-electron chi connectivity index (χ3n) is 5.28. The predicted octanol–water partition coefficient (Wildman–Crippen LogP) is 2.81. The van der Waals surface area contributed by atoms with Crippen LogP contribution in [0.2, 0.25) is 3.43 Å². The molecule has 1 atom stereocenters. The van der Waals surface area contributed by atoms with Crippen molar-refractivity contribution in [3.05, 3.63) is 40.2 Å². The van der Waals surface area contributed by atoms with Gasteiger partial charge in [0.1, 0.15) is 0 Å². The number of aliphatic hydroxyl groups is 1. The number of aromatic nitrogens is 3. The van der Waals surface area contributed by atoms with Gasteiger partial charge in [0.15, 0.2) is 0 Å². The molecule has 0 saturated carbocycles. The van der Waals surface area contributed by atoms with Crippen LogP contribution in [0.25, 0.3) is 0 Å². The molecular formula is C24H34N4O5Sn. The zero-order valence-corrected chi connectivity index (χ0v) is 24.1. The number of amides is 1. The molecule has 0 unspecified atom stereocenters. The Bertz CT molecular complexity index is 1080. The number of nitrogens with zero attached hydrogens (tertiary/aromatic N) is 4. The van der Waals surface area contributed by atoms with E-state index < -0.39 is 38.9 Å². The van der Waals surface area contributed by atoms with Gasteiger partial charge in [-0.15, -0.1) is 0 Å². The van der Waals surface area contributed by atoms with Crippen LogP contribution in [-0.4, -0.2) is 70.1 Å². The van der Waals surface area contributed by atoms with Crippen LogP contribution in [0.4, 0.5) is 4.79 Å². The second-order valence-corrected chi connectivity index (χ2v) is 16.9. The first kappa shape index (κ1) is 26.5. The molecule has 2 aromatic rings. The summed E-state index contributed by atoms with van der Waals surface area (Å²) >= 11 is -1.01. The van der Waals surface area contributed by atoms with Gasteiger partial charge < -0.3 is 0 Å². The summed E-state index contributed by atoms with van der Waals surface area (Å²) in [6.45, 7) is 14.2. The number of carbonyl (C=O) groups excluding carboxylic acids is 2. The molecular weight excluding hydrogens is 543 g/mol. The molecule has 1 aromatic heterocycles. The maximum atomic E-state index is 13.1. The zero-order chi connectivity index (χ0) is 25.4. The van der Waals surface area contributed by atoms with Crippen molar-refractivity contribution in [3.8, 4) is 0 Å². The first-order valence-corrected chi connectivity index (χ1v) is 14.1. The first-order valence-electron chi connectivity index (χ1n) is 11.3. The molecule has 1 amide bonds. The summed E-state index contributed by atoms with van der Waals surface area (Å²) in [5, 5.41) is 15.7. The van der Waals surface area contributed by atoms with Gasteiger partial charge in [0.2, 0.25) is 0 Å². The topological polar surface area (TPSA) is 107 Å². The van der Waals surface area contributed by atoms with Crippen molar-refractivity contribution in [3.63, 3.8) is 0 Å². The van der Waals surface area contributed by atoms with E-state index in [1.807, 2.05) is 14.0 Å². The van der Waals surface area contributed by atoms with Crippen LogP contribution in [0.15, 0.2) is 12.1 Å². The van der Waals surface area contributed by atoms with Crippen LogP contribution < -0.4 is 3.84 Å². The number of ether oxygens (including phenoxy) is 2. The molecule has 0 saturated heterocycles. The number of hydrogen-bond acceptors (Lipinski definition) is 7. The van der Waals surface area contributed by atoms with E-state index in [0.29, 0.717) is 17.0 Å². The summed E-state index contributed by atoms with van der Waals surface area (Å²) < 4.78 is 13.5. The molecule has 9 nitrogen and oxygen atoms in total. The summed E-state index contributed by atoms with van der Waals surface area (Å²) in [7, 11) is 1.82. The Hall–Kier alpha value is -2.14. The summed E-state index contributed by atoms with van der Waals surface area (Å²) in [5.74, 6) is 0.287. The molecule has 0 bridgehead atoms. The minimum Gasteiger partial charge on any atom is -0.246 e. The van der Waals surface area contributed by atoms with Gasteiger partial charge in [0.25, 0.3) is 0 Å². The van der Waals surface area contributed by atoms with Crippen molar-refractivity contribution in [1.82, 2.24) is 19.7 Å². The van der Waals surface area contributed by atoms with Crippen molar-refractivity contribution >= 4 is 37.0 Å². The number of benzene rings is 1. The van der Waals surface area contributed by atoms with Gasteiger partial charge in [-0.3, -0.25) is 0 Å². The SMILES string of the molecule is Cc1c([C@@H](O)CN(Cc2n[c]([Sn][C](C)(C)C)nn2C)C(=O)OC(C)(C)C)ccc2c1COC2=O. The Morgan fingerprint density at radius 3 is 2.59 bits per heavy atom. The number of fused-ring (bicyclic) bond motifs is 1. The minimum atomic E-state index is -1.01. The molecule has 1 N–H and O–H groups in total. The molecule has 2 radical (unpaired) electrons. The predicted molar refractivity (Wildman–Crippen MR) is 128 cm³/mol. The van der Waals surface area contributed by atoms with Crippen molar-refractivity contribution in [2.24, 2.45) is 7.05 Å². The Morgan fingerprint density at radius 1 is 1.29 bits per heavy atom. The number of cyclic esters (lactones) is 1. The average molecular weight is 577 g/mol. The van der Waals surface area contributed by atoms with Gasteiger partial charge in [-0.25, -0.2) is 4.79 Å². The fraction of sp³-hybridized carbons (Fsp3) is 0.583. The van der Waals surface area contributed by atoms with Crippen molar-refractivity contribution in [2.75, 3.05) is 6.54 Å². The Kier molecular flexibility index (Phi) is 7.66. The molecule has 0 spiro atoms. The fourth-order valence-electron chi connectivity index (χ4n) is 3.68. The Balaban J connectivity index is 1.86. The normalized spacial score (nSPS) is 14.6. The minimum absolute atomic E-state index is 0.00476. The van der Waals surface area contributed by atoms with E-state index in [1.165, 1.54) is 4.90 Å². The fourth-order valence-corrected chi connectivity index (χ4v) is 6.69. The number of aliphatic hydroxyl groups excluding tert-OH is 1. The van der Waals surface area contributed by atoms with Gasteiger partial charge in [0.05, 0.1) is 0 Å². The van der Waals surface area contributed by atoms with Crippen LogP contribution in [0, 0.1) is 6.92 Å². The molecule has 0 aliphatic carbocycles. The van der Waals surface area contributed by atoms with Crippen LogP contribution >= 0.6 is 0 Å². The van der Waals surface area contributed by atoms with Gasteiger partial charge in [-0.2, -0.15) is 0 Å². The molecule has 2 heterocycles. The summed E-state index contributed by atoms with van der Waals surface area (Å²) in [6.07, 6.45) is -1.52. The van der Waals surface area contributed by atoms with E-state index in [-0.39, 0.29) is 29.1 Å². The Morgan fingerprint density at radius 2 is 1.97 bits per heavy atom. The number of rotatable bonds is 6. The van der Waals surface area contributed by atoms with Crippen molar-refractivity contribution in [2.45, 2.75) is 76.8 Å². The number of esters is 1. The third kappa shape index (κ3) is 6.50. The second-order valence-electron chi connectivity index (χ2n) is 10.6. The first-order chi connectivity index (χ1) is 15.6. The molecule has 1 aliphatic heterocycles. The van der Waals surface area contributed by atoms with Gasteiger partial charge in [0, 0.05) is 0 Å². The molecule has 3 rings (SSSR count). The zero-order valence-electron chi connectivity index (χ0n) is 21.2. The van der Waals surface area contributed by atoms with Gasteiger partial charge in [-0.1, -0.05) is 0 Å². The third-order valence-corrected chi connectivity index (χ3v) is 8.67. The standard InChI is InChI=1S/C20H25N4O5.C4H9.Sn/c1-12-13(6-7-14-15(12)10-28-18(14)26)16(25)8-24(19(27)29-20(2,3)4)9-17-21-11-22-23(17)5;1-4(2)3;/h6-7,16,25H,8-10H2,1-5H3;1-3H3;/t16-;;/m0../s1. The van der Waals surface area contributed by atoms with Crippen LogP contribution in [0.3, 0.4) is 0 Å². The monoisotopic (exact) mass is 578 g/mol. The Labute approximate surface area is 211 Å².